The lowest BCUT2D eigenvalue weighted by Gasteiger charge is -2.10. The summed E-state index contributed by atoms with van der Waals surface area (Å²) in [4.78, 5) is 11.7. The molecule has 0 aromatic heterocycles. The lowest BCUT2D eigenvalue weighted by Crippen LogP contribution is -2.31. The SMILES string of the molecule is CCCOC(=O)C1(C)OC12CCCC2. The minimum absolute atomic E-state index is 0.155. The largest absolute Gasteiger partial charge is 0.463 e. The van der Waals surface area contributed by atoms with E-state index < -0.39 is 5.60 Å². The molecule has 1 heterocycles. The predicted octanol–water partition coefficient (Wildman–Crippen LogP) is 2.04. The van der Waals surface area contributed by atoms with Gasteiger partial charge in [0.15, 0.2) is 5.60 Å². The molecule has 1 unspecified atom stereocenters. The minimum Gasteiger partial charge on any atom is -0.463 e. The van der Waals surface area contributed by atoms with Crippen molar-refractivity contribution in [1.82, 2.24) is 0 Å². The lowest BCUT2D eigenvalue weighted by molar-refractivity contribution is -0.149. The smallest absolute Gasteiger partial charge is 0.341 e. The Morgan fingerprint density at radius 3 is 2.64 bits per heavy atom. The Labute approximate surface area is 84.8 Å². The van der Waals surface area contributed by atoms with Gasteiger partial charge >= 0.3 is 5.97 Å². The number of carbonyl (C=O) groups excluding carboxylic acids is 1. The molecular weight excluding hydrogens is 180 g/mol. The van der Waals surface area contributed by atoms with Gasteiger partial charge in [0, 0.05) is 0 Å². The second-order valence-electron chi connectivity index (χ2n) is 4.47. The number of rotatable bonds is 3. The van der Waals surface area contributed by atoms with Crippen LogP contribution in [0.3, 0.4) is 0 Å². The Morgan fingerprint density at radius 1 is 1.43 bits per heavy atom. The lowest BCUT2D eigenvalue weighted by atomic mass is 9.93. The Hall–Kier alpha value is -0.570. The van der Waals surface area contributed by atoms with Crippen molar-refractivity contribution in [2.24, 2.45) is 0 Å². The van der Waals surface area contributed by atoms with Crippen LogP contribution >= 0.6 is 0 Å². The first-order valence-electron chi connectivity index (χ1n) is 5.52. The molecule has 0 radical (unpaired) electrons. The highest BCUT2D eigenvalue weighted by atomic mass is 16.7. The van der Waals surface area contributed by atoms with E-state index in [2.05, 4.69) is 0 Å². The summed E-state index contributed by atoms with van der Waals surface area (Å²) in [6.45, 7) is 4.37. The van der Waals surface area contributed by atoms with Gasteiger partial charge in [0.05, 0.1) is 6.61 Å². The van der Waals surface area contributed by atoms with Crippen LogP contribution in [0.15, 0.2) is 0 Å². The minimum atomic E-state index is -0.626. The van der Waals surface area contributed by atoms with Gasteiger partial charge in [-0.1, -0.05) is 19.8 Å². The number of esters is 1. The quantitative estimate of drug-likeness (QED) is 0.514. The number of hydrogen-bond acceptors (Lipinski definition) is 3. The van der Waals surface area contributed by atoms with Crippen molar-refractivity contribution >= 4 is 5.97 Å². The summed E-state index contributed by atoms with van der Waals surface area (Å²) >= 11 is 0. The number of carbonyl (C=O) groups is 1. The second kappa shape index (κ2) is 3.23. The molecule has 80 valence electrons. The van der Waals surface area contributed by atoms with Crippen LogP contribution in [0.5, 0.6) is 0 Å². The summed E-state index contributed by atoms with van der Waals surface area (Å²) in [5.74, 6) is -0.166. The monoisotopic (exact) mass is 198 g/mol. The Balaban J connectivity index is 1.95. The number of ether oxygens (including phenoxy) is 2. The van der Waals surface area contributed by atoms with Gasteiger partial charge < -0.3 is 9.47 Å². The van der Waals surface area contributed by atoms with E-state index >= 15 is 0 Å². The average molecular weight is 198 g/mol. The Kier molecular flexibility index (Phi) is 2.30. The van der Waals surface area contributed by atoms with E-state index in [0.29, 0.717) is 6.61 Å². The summed E-state index contributed by atoms with van der Waals surface area (Å²) in [6.07, 6.45) is 5.26. The van der Waals surface area contributed by atoms with Gasteiger partial charge in [-0.3, -0.25) is 0 Å². The standard InChI is InChI=1S/C11H18O3/c1-3-8-13-9(12)10(2)11(14-10)6-4-5-7-11/h3-8H2,1-2H3. The summed E-state index contributed by atoms with van der Waals surface area (Å²) in [6, 6.07) is 0. The third-order valence-electron chi connectivity index (χ3n) is 3.47. The van der Waals surface area contributed by atoms with Crippen LogP contribution in [-0.2, 0) is 14.3 Å². The molecule has 2 rings (SSSR count). The topological polar surface area (TPSA) is 38.8 Å². The van der Waals surface area contributed by atoms with Crippen molar-refractivity contribution in [1.29, 1.82) is 0 Å². The molecule has 1 aliphatic carbocycles. The average Bonchev–Trinajstić information content (AvgIpc) is 2.58. The van der Waals surface area contributed by atoms with E-state index in [1.165, 1.54) is 12.8 Å². The molecule has 1 aliphatic heterocycles. The zero-order valence-electron chi connectivity index (χ0n) is 8.97. The number of epoxide rings is 1. The summed E-state index contributed by atoms with van der Waals surface area (Å²) in [5, 5.41) is 0. The molecule has 14 heavy (non-hydrogen) atoms. The number of hydrogen-bond donors (Lipinski definition) is 0. The van der Waals surface area contributed by atoms with Gasteiger partial charge in [-0.25, -0.2) is 4.79 Å². The van der Waals surface area contributed by atoms with Crippen LogP contribution < -0.4 is 0 Å². The molecule has 0 amide bonds. The highest BCUT2D eigenvalue weighted by Gasteiger charge is 2.72. The van der Waals surface area contributed by atoms with Crippen LogP contribution in [-0.4, -0.2) is 23.8 Å². The Morgan fingerprint density at radius 2 is 2.07 bits per heavy atom. The van der Waals surface area contributed by atoms with E-state index in [-0.39, 0.29) is 11.6 Å². The molecule has 0 aromatic rings. The van der Waals surface area contributed by atoms with Crippen molar-refractivity contribution in [3.63, 3.8) is 0 Å². The van der Waals surface area contributed by atoms with Crippen LogP contribution in [0.1, 0.15) is 46.0 Å². The van der Waals surface area contributed by atoms with Crippen LogP contribution in [0, 0.1) is 0 Å². The summed E-state index contributed by atoms with van der Waals surface area (Å²) in [7, 11) is 0. The molecule has 1 saturated heterocycles. The molecule has 0 bridgehead atoms. The normalized spacial score (nSPS) is 33.3. The molecule has 3 nitrogen and oxygen atoms in total. The zero-order valence-corrected chi connectivity index (χ0v) is 8.97. The van der Waals surface area contributed by atoms with Gasteiger partial charge in [-0.2, -0.15) is 0 Å². The maximum atomic E-state index is 11.7. The molecule has 2 aliphatic rings. The van der Waals surface area contributed by atoms with E-state index in [9.17, 15) is 4.79 Å². The molecule has 2 fully saturated rings. The van der Waals surface area contributed by atoms with Crippen molar-refractivity contribution in [3.8, 4) is 0 Å². The van der Waals surface area contributed by atoms with Crippen LogP contribution in [0.2, 0.25) is 0 Å². The van der Waals surface area contributed by atoms with Gasteiger partial charge in [0.2, 0.25) is 0 Å². The van der Waals surface area contributed by atoms with Gasteiger partial charge in [-0.05, 0) is 26.2 Å². The third-order valence-corrected chi connectivity index (χ3v) is 3.47. The predicted molar refractivity (Wildman–Crippen MR) is 51.9 cm³/mol. The van der Waals surface area contributed by atoms with Crippen molar-refractivity contribution in [3.05, 3.63) is 0 Å². The molecular formula is C11H18O3. The van der Waals surface area contributed by atoms with Gasteiger partial charge in [0.25, 0.3) is 0 Å². The molecule has 1 saturated carbocycles. The van der Waals surface area contributed by atoms with E-state index in [0.717, 1.165) is 19.3 Å². The molecule has 1 atom stereocenters. The summed E-state index contributed by atoms with van der Waals surface area (Å²) < 4.78 is 10.8. The van der Waals surface area contributed by atoms with Crippen LogP contribution in [0.25, 0.3) is 0 Å². The third kappa shape index (κ3) is 1.26. The Bertz CT molecular complexity index is 243. The van der Waals surface area contributed by atoms with E-state index in [4.69, 9.17) is 9.47 Å². The van der Waals surface area contributed by atoms with Crippen LogP contribution in [0.4, 0.5) is 0 Å². The molecule has 0 N–H and O–H groups in total. The molecule has 0 aromatic carbocycles. The fourth-order valence-corrected chi connectivity index (χ4v) is 2.45. The summed E-state index contributed by atoms with van der Waals surface area (Å²) in [5.41, 5.74) is -0.781. The van der Waals surface area contributed by atoms with Gasteiger partial charge in [0.1, 0.15) is 5.60 Å². The molecule has 3 heteroatoms. The van der Waals surface area contributed by atoms with E-state index in [1.54, 1.807) is 0 Å². The maximum absolute atomic E-state index is 11.7. The first-order chi connectivity index (χ1) is 6.65. The first-order valence-corrected chi connectivity index (χ1v) is 5.52. The first kappa shape index (κ1) is 9.97. The van der Waals surface area contributed by atoms with E-state index in [1.807, 2.05) is 13.8 Å². The second-order valence-corrected chi connectivity index (χ2v) is 4.47. The molecule has 1 spiro atoms. The zero-order chi connectivity index (χ0) is 10.2. The fourth-order valence-electron chi connectivity index (χ4n) is 2.45. The fraction of sp³-hybridized carbons (Fsp3) is 0.909. The van der Waals surface area contributed by atoms with Gasteiger partial charge in [-0.15, -0.1) is 0 Å². The van der Waals surface area contributed by atoms with Crippen molar-refractivity contribution in [2.75, 3.05) is 6.61 Å². The highest BCUT2D eigenvalue weighted by Crippen LogP contribution is 2.58. The highest BCUT2D eigenvalue weighted by molar-refractivity contribution is 5.84. The maximum Gasteiger partial charge on any atom is 0.341 e. The van der Waals surface area contributed by atoms with Crippen molar-refractivity contribution < 1.29 is 14.3 Å². The van der Waals surface area contributed by atoms with Crippen molar-refractivity contribution in [2.45, 2.75) is 57.2 Å².